The molecule has 0 radical (unpaired) electrons. The second-order valence-corrected chi connectivity index (χ2v) is 8.42. The molecule has 7 aliphatic carbocycles. The van der Waals surface area contributed by atoms with Gasteiger partial charge in [-0.15, -0.1) is 0 Å². The molecule has 0 saturated heterocycles. The zero-order valence-electron chi connectivity index (χ0n) is 13.0. The summed E-state index contributed by atoms with van der Waals surface area (Å²) in [5, 5.41) is 0. The van der Waals surface area contributed by atoms with Gasteiger partial charge in [0.25, 0.3) is 0 Å². The Morgan fingerprint density at radius 3 is 1.77 bits per heavy atom. The molecule has 1 aromatic rings. The van der Waals surface area contributed by atoms with Crippen LogP contribution in [0.5, 0.6) is 11.5 Å². The highest BCUT2D eigenvalue weighted by Gasteiger charge is 3.01. The summed E-state index contributed by atoms with van der Waals surface area (Å²) in [7, 11) is 3.67. The van der Waals surface area contributed by atoms with Gasteiger partial charge in [0.15, 0.2) is 0 Å². The molecule has 2 bridgehead atoms. The van der Waals surface area contributed by atoms with E-state index in [0.29, 0.717) is 10.8 Å². The van der Waals surface area contributed by atoms with Gasteiger partial charge in [-0.05, 0) is 71.3 Å². The predicted molar refractivity (Wildman–Crippen MR) is 82.2 cm³/mol. The molecule has 8 atom stereocenters. The summed E-state index contributed by atoms with van der Waals surface area (Å²) >= 11 is 0. The number of benzene rings is 1. The van der Waals surface area contributed by atoms with Crippen molar-refractivity contribution in [3.63, 3.8) is 0 Å². The van der Waals surface area contributed by atoms with E-state index in [1.165, 1.54) is 12.8 Å². The van der Waals surface area contributed by atoms with Gasteiger partial charge in [0.05, 0.1) is 14.2 Å². The van der Waals surface area contributed by atoms with E-state index in [2.05, 4.69) is 24.3 Å². The van der Waals surface area contributed by atoms with Gasteiger partial charge in [-0.2, -0.15) is 0 Å². The first-order chi connectivity index (χ1) is 10.8. The van der Waals surface area contributed by atoms with Gasteiger partial charge in [0, 0.05) is 11.1 Å². The molecule has 8 rings (SSSR count). The van der Waals surface area contributed by atoms with Crippen LogP contribution in [0.15, 0.2) is 24.3 Å². The Labute approximate surface area is 130 Å². The summed E-state index contributed by atoms with van der Waals surface area (Å²) in [4.78, 5) is 0. The SMILES string of the molecule is COc1ccc(OC)c2c1[C@@H]1[C@@H]3C4C5[C@@]16CC=CC[C@]56[C@@H]2[C@H]43. The van der Waals surface area contributed by atoms with Crippen molar-refractivity contribution >= 4 is 0 Å². The first-order valence-corrected chi connectivity index (χ1v) is 8.72. The average molecular weight is 292 g/mol. The van der Waals surface area contributed by atoms with Crippen LogP contribution in [0.3, 0.4) is 0 Å². The second kappa shape index (κ2) is 2.86. The van der Waals surface area contributed by atoms with E-state index in [4.69, 9.17) is 9.47 Å². The van der Waals surface area contributed by atoms with E-state index in [1.807, 2.05) is 14.2 Å². The zero-order valence-corrected chi connectivity index (χ0v) is 13.0. The molecule has 4 saturated carbocycles. The Balaban J connectivity index is 1.60. The molecule has 0 heterocycles. The first-order valence-electron chi connectivity index (χ1n) is 8.72. The third kappa shape index (κ3) is 0.714. The lowest BCUT2D eigenvalue weighted by Crippen LogP contribution is -2.41. The van der Waals surface area contributed by atoms with E-state index in [0.717, 1.165) is 47.0 Å². The number of methoxy groups -OCH3 is 2. The maximum atomic E-state index is 5.81. The van der Waals surface area contributed by atoms with Crippen molar-refractivity contribution in [2.75, 3.05) is 14.2 Å². The molecule has 0 aromatic heterocycles. The molecule has 112 valence electrons. The van der Waals surface area contributed by atoms with Gasteiger partial charge >= 0.3 is 0 Å². The molecule has 2 unspecified atom stereocenters. The molecule has 7 aliphatic rings. The Morgan fingerprint density at radius 1 is 0.818 bits per heavy atom. The molecule has 22 heavy (non-hydrogen) atoms. The van der Waals surface area contributed by atoms with Gasteiger partial charge in [0.2, 0.25) is 0 Å². The summed E-state index contributed by atoms with van der Waals surface area (Å²) in [5.74, 6) is 7.72. The number of hydrogen-bond donors (Lipinski definition) is 0. The topological polar surface area (TPSA) is 18.5 Å². The minimum atomic E-state index is 0.600. The summed E-state index contributed by atoms with van der Waals surface area (Å²) < 4.78 is 11.6. The monoisotopic (exact) mass is 292 g/mol. The van der Waals surface area contributed by atoms with Gasteiger partial charge in [-0.25, -0.2) is 0 Å². The normalized spacial score (nSPS) is 55.5. The van der Waals surface area contributed by atoms with E-state index in [9.17, 15) is 0 Å². The maximum Gasteiger partial charge on any atom is 0.122 e. The van der Waals surface area contributed by atoms with E-state index in [1.54, 1.807) is 11.1 Å². The van der Waals surface area contributed by atoms with Crippen LogP contribution in [0, 0.1) is 34.5 Å². The third-order valence-electron chi connectivity index (χ3n) is 8.70. The van der Waals surface area contributed by atoms with Crippen molar-refractivity contribution in [1.82, 2.24) is 0 Å². The quantitative estimate of drug-likeness (QED) is 0.773. The minimum Gasteiger partial charge on any atom is -0.496 e. The molecule has 2 heteroatoms. The van der Waals surface area contributed by atoms with Crippen LogP contribution in [0.4, 0.5) is 0 Å². The molecule has 0 aliphatic heterocycles. The van der Waals surface area contributed by atoms with E-state index >= 15 is 0 Å². The summed E-state index contributed by atoms with van der Waals surface area (Å²) in [5.41, 5.74) is 4.29. The molecule has 2 spiro atoms. The predicted octanol–water partition coefficient (Wildman–Crippen LogP) is 3.73. The Bertz CT molecular complexity index is 732. The minimum absolute atomic E-state index is 0.600. The average Bonchev–Trinajstić information content (AvgIpc) is 3.37. The number of rotatable bonds is 2. The fraction of sp³-hybridized carbons (Fsp3) is 0.600. The fourth-order valence-corrected chi connectivity index (χ4v) is 8.68. The molecule has 4 fully saturated rings. The third-order valence-corrected chi connectivity index (χ3v) is 8.70. The van der Waals surface area contributed by atoms with Crippen LogP contribution in [0.25, 0.3) is 0 Å². The number of ether oxygens (including phenoxy) is 2. The second-order valence-electron chi connectivity index (χ2n) is 8.42. The van der Waals surface area contributed by atoms with Crippen molar-refractivity contribution in [3.05, 3.63) is 35.4 Å². The van der Waals surface area contributed by atoms with Crippen LogP contribution >= 0.6 is 0 Å². The lowest BCUT2D eigenvalue weighted by molar-refractivity contribution is 0.129. The van der Waals surface area contributed by atoms with Gasteiger partial charge in [0.1, 0.15) is 11.5 Å². The van der Waals surface area contributed by atoms with Gasteiger partial charge in [-0.3, -0.25) is 0 Å². The van der Waals surface area contributed by atoms with Gasteiger partial charge in [-0.1, -0.05) is 12.2 Å². The highest BCUT2D eigenvalue weighted by Crippen LogP contribution is 3.06. The van der Waals surface area contributed by atoms with Gasteiger partial charge < -0.3 is 9.47 Å². The standard InChI is InChI=1S/C20H20O2/c1-21-9-5-6-10(22-2)12-11(9)16-13-14-15(13)18-19(16)7-3-4-8-20(18,19)17(12)14/h3-6,13-18H,7-8H2,1-2H3/t13-,14-,15?,16-,17+,18?,19-,20+/m0/s1. The molecular weight excluding hydrogens is 272 g/mol. The van der Waals surface area contributed by atoms with Crippen molar-refractivity contribution < 1.29 is 9.47 Å². The summed E-state index contributed by atoms with van der Waals surface area (Å²) in [6, 6.07) is 4.29. The van der Waals surface area contributed by atoms with Crippen LogP contribution in [0.1, 0.15) is 35.8 Å². The van der Waals surface area contributed by atoms with E-state index in [-0.39, 0.29) is 0 Å². The molecule has 2 nitrogen and oxygen atoms in total. The Morgan fingerprint density at radius 2 is 1.32 bits per heavy atom. The smallest absolute Gasteiger partial charge is 0.122 e. The molecular formula is C20H20O2. The number of hydrogen-bond acceptors (Lipinski definition) is 2. The molecule has 1 aromatic carbocycles. The number of allylic oxidation sites excluding steroid dienone is 2. The lowest BCUT2D eigenvalue weighted by Gasteiger charge is -2.50. The van der Waals surface area contributed by atoms with Crippen LogP contribution in [-0.4, -0.2) is 14.2 Å². The van der Waals surface area contributed by atoms with Crippen molar-refractivity contribution in [2.24, 2.45) is 34.5 Å². The Hall–Kier alpha value is -1.44. The summed E-state index contributed by atoms with van der Waals surface area (Å²) in [6.07, 6.45) is 7.59. The molecule has 0 amide bonds. The van der Waals surface area contributed by atoms with Crippen LogP contribution < -0.4 is 9.47 Å². The van der Waals surface area contributed by atoms with Crippen molar-refractivity contribution in [1.29, 1.82) is 0 Å². The largest absolute Gasteiger partial charge is 0.496 e. The van der Waals surface area contributed by atoms with Crippen molar-refractivity contribution in [2.45, 2.75) is 24.7 Å². The van der Waals surface area contributed by atoms with Crippen LogP contribution in [0.2, 0.25) is 0 Å². The van der Waals surface area contributed by atoms with Crippen LogP contribution in [-0.2, 0) is 0 Å². The summed E-state index contributed by atoms with van der Waals surface area (Å²) in [6.45, 7) is 0. The zero-order chi connectivity index (χ0) is 14.4. The highest BCUT2D eigenvalue weighted by atomic mass is 16.5. The molecule has 0 N–H and O–H groups in total. The first kappa shape index (κ1) is 11.2. The Kier molecular flexibility index (Phi) is 1.45. The van der Waals surface area contributed by atoms with Crippen molar-refractivity contribution in [3.8, 4) is 11.5 Å². The van der Waals surface area contributed by atoms with E-state index < -0.39 is 0 Å². The fourth-order valence-electron chi connectivity index (χ4n) is 8.68. The lowest BCUT2D eigenvalue weighted by atomic mass is 9.53. The highest BCUT2D eigenvalue weighted by molar-refractivity contribution is 5.69. The maximum absolute atomic E-state index is 5.81.